The molecule has 0 aliphatic heterocycles. The van der Waals surface area contributed by atoms with Crippen LogP contribution in [0, 0.1) is 20.8 Å². The minimum Gasteiger partial charge on any atom is -0.489 e. The molecule has 0 heterocycles. The maximum absolute atomic E-state index is 11.4. The largest absolute Gasteiger partial charge is 0.489 e. The molecule has 0 radical (unpaired) electrons. The predicted molar refractivity (Wildman–Crippen MR) is 72.5 cm³/mol. The Hall–Kier alpha value is -1.04. The van der Waals surface area contributed by atoms with E-state index in [0.29, 0.717) is 17.9 Å². The van der Waals surface area contributed by atoms with E-state index >= 15 is 0 Å². The van der Waals surface area contributed by atoms with Crippen molar-refractivity contribution in [1.29, 1.82) is 0 Å². The second kappa shape index (κ2) is 5.73. The van der Waals surface area contributed by atoms with Crippen LogP contribution < -0.4 is 9.88 Å². The van der Waals surface area contributed by atoms with Gasteiger partial charge < -0.3 is 4.74 Å². The van der Waals surface area contributed by atoms with E-state index in [-0.39, 0.29) is 4.90 Å². The van der Waals surface area contributed by atoms with Crippen LogP contribution in [0.2, 0.25) is 0 Å². The maximum atomic E-state index is 11.4. The van der Waals surface area contributed by atoms with Crippen molar-refractivity contribution < 1.29 is 13.2 Å². The average Bonchev–Trinajstić information content (AvgIpc) is 2.26. The van der Waals surface area contributed by atoms with E-state index in [1.54, 1.807) is 26.8 Å². The number of aryl methyl sites for hydroxylation is 1. The molecule has 0 aliphatic rings. The van der Waals surface area contributed by atoms with Gasteiger partial charge in [0.25, 0.3) is 0 Å². The zero-order valence-electron chi connectivity index (χ0n) is 10.5. The number of hydrogen-bond acceptors (Lipinski definition) is 3. The molecular formula is C12H16ClNO3S. The SMILES string of the molecule is Cc1cc(S(N)(=O)=O)c(C)c(C)c1OC/C=C/Cl. The highest BCUT2D eigenvalue weighted by atomic mass is 35.5. The monoisotopic (exact) mass is 289 g/mol. The van der Waals surface area contributed by atoms with Crippen molar-refractivity contribution in [3.63, 3.8) is 0 Å². The smallest absolute Gasteiger partial charge is 0.238 e. The molecule has 0 atom stereocenters. The Morgan fingerprint density at radius 2 is 1.94 bits per heavy atom. The number of benzene rings is 1. The molecule has 4 nitrogen and oxygen atoms in total. The number of hydrogen-bond donors (Lipinski definition) is 1. The summed E-state index contributed by atoms with van der Waals surface area (Å²) >= 11 is 5.41. The van der Waals surface area contributed by atoms with E-state index in [4.69, 9.17) is 21.5 Å². The zero-order chi connectivity index (χ0) is 13.9. The van der Waals surface area contributed by atoms with Crippen LogP contribution >= 0.6 is 11.6 Å². The Kier molecular flexibility index (Phi) is 4.78. The third-order valence-corrected chi connectivity index (χ3v) is 3.91. The number of ether oxygens (including phenoxy) is 1. The Morgan fingerprint density at radius 3 is 2.44 bits per heavy atom. The van der Waals surface area contributed by atoms with Crippen LogP contribution in [0.1, 0.15) is 16.7 Å². The Balaban J connectivity index is 3.29. The van der Waals surface area contributed by atoms with Gasteiger partial charge in [-0.25, -0.2) is 13.6 Å². The van der Waals surface area contributed by atoms with Crippen LogP contribution in [0.4, 0.5) is 0 Å². The normalized spacial score (nSPS) is 12.1. The lowest BCUT2D eigenvalue weighted by atomic mass is 10.1. The number of sulfonamides is 1. The highest BCUT2D eigenvalue weighted by Gasteiger charge is 2.17. The zero-order valence-corrected chi connectivity index (χ0v) is 12.1. The second-order valence-corrected chi connectivity index (χ2v) is 5.77. The standard InChI is InChI=1S/C12H16ClNO3S/c1-8-7-11(18(14,15)16)9(2)10(3)12(8)17-6-4-5-13/h4-5,7H,6H2,1-3H3,(H2,14,15,16)/b5-4+. The van der Waals surface area contributed by atoms with Gasteiger partial charge >= 0.3 is 0 Å². The fourth-order valence-electron chi connectivity index (χ4n) is 1.71. The molecule has 0 unspecified atom stereocenters. The van der Waals surface area contributed by atoms with E-state index < -0.39 is 10.0 Å². The number of nitrogens with two attached hydrogens (primary N) is 1. The Bertz CT molecular complexity index is 579. The topological polar surface area (TPSA) is 69.4 Å². The summed E-state index contributed by atoms with van der Waals surface area (Å²) in [6.45, 7) is 5.62. The van der Waals surface area contributed by atoms with Gasteiger partial charge in [-0.05, 0) is 49.6 Å². The molecule has 0 aliphatic carbocycles. The average molecular weight is 290 g/mol. The number of halogens is 1. The Labute approximate surface area is 112 Å². The van der Waals surface area contributed by atoms with Crippen LogP contribution in [0.3, 0.4) is 0 Å². The van der Waals surface area contributed by atoms with Crippen LogP contribution in [0.15, 0.2) is 22.6 Å². The first-order valence-electron chi connectivity index (χ1n) is 5.30. The van der Waals surface area contributed by atoms with Crippen molar-refractivity contribution in [1.82, 2.24) is 0 Å². The van der Waals surface area contributed by atoms with E-state index in [0.717, 1.165) is 11.1 Å². The first-order valence-corrected chi connectivity index (χ1v) is 7.29. The van der Waals surface area contributed by atoms with Crippen LogP contribution in [0.5, 0.6) is 5.75 Å². The summed E-state index contributed by atoms with van der Waals surface area (Å²) < 4.78 is 28.4. The molecule has 18 heavy (non-hydrogen) atoms. The summed E-state index contributed by atoms with van der Waals surface area (Å²) in [4.78, 5) is 0.137. The van der Waals surface area contributed by atoms with Gasteiger partial charge in [0.05, 0.1) is 4.90 Å². The molecule has 6 heteroatoms. The van der Waals surface area contributed by atoms with Gasteiger partial charge in [0, 0.05) is 5.54 Å². The molecule has 1 rings (SSSR count). The summed E-state index contributed by atoms with van der Waals surface area (Å²) in [6.07, 6.45) is 1.66. The van der Waals surface area contributed by atoms with Crippen molar-refractivity contribution in [2.75, 3.05) is 6.61 Å². The van der Waals surface area contributed by atoms with Crippen molar-refractivity contribution in [3.8, 4) is 5.75 Å². The van der Waals surface area contributed by atoms with E-state index in [1.807, 2.05) is 0 Å². The first kappa shape index (κ1) is 15.0. The minimum atomic E-state index is -3.71. The van der Waals surface area contributed by atoms with Gasteiger partial charge in [0.2, 0.25) is 10.0 Å². The third kappa shape index (κ3) is 3.25. The number of rotatable bonds is 4. The van der Waals surface area contributed by atoms with Crippen molar-refractivity contribution in [2.24, 2.45) is 5.14 Å². The minimum absolute atomic E-state index is 0.137. The molecule has 1 aromatic rings. The first-order chi connectivity index (χ1) is 8.29. The molecule has 0 aromatic heterocycles. The lowest BCUT2D eigenvalue weighted by Gasteiger charge is -2.15. The second-order valence-electron chi connectivity index (χ2n) is 3.99. The van der Waals surface area contributed by atoms with Gasteiger partial charge in [-0.1, -0.05) is 11.6 Å². The van der Waals surface area contributed by atoms with Crippen molar-refractivity contribution in [2.45, 2.75) is 25.7 Å². The summed E-state index contributed by atoms with van der Waals surface area (Å²) in [6, 6.07) is 1.53. The van der Waals surface area contributed by atoms with Crippen molar-refractivity contribution in [3.05, 3.63) is 34.4 Å². The molecule has 0 amide bonds. The van der Waals surface area contributed by atoms with Crippen LogP contribution in [-0.4, -0.2) is 15.0 Å². The van der Waals surface area contributed by atoms with E-state index in [2.05, 4.69) is 0 Å². The summed E-state index contributed by atoms with van der Waals surface area (Å²) in [7, 11) is -3.71. The maximum Gasteiger partial charge on any atom is 0.238 e. The predicted octanol–water partition coefficient (Wildman–Crippen LogP) is 2.39. The van der Waals surface area contributed by atoms with Crippen LogP contribution in [0.25, 0.3) is 0 Å². The molecule has 0 fully saturated rings. The molecule has 0 saturated carbocycles. The Morgan fingerprint density at radius 1 is 1.33 bits per heavy atom. The summed E-state index contributed by atoms with van der Waals surface area (Å²) in [5.74, 6) is 0.662. The molecule has 1 aromatic carbocycles. The van der Waals surface area contributed by atoms with Gasteiger partial charge in [-0.2, -0.15) is 0 Å². The molecule has 0 saturated heterocycles. The third-order valence-electron chi connectivity index (χ3n) is 2.70. The van der Waals surface area contributed by atoms with Gasteiger partial charge in [-0.15, -0.1) is 0 Å². The van der Waals surface area contributed by atoms with Gasteiger partial charge in [0.15, 0.2) is 0 Å². The van der Waals surface area contributed by atoms with Gasteiger partial charge in [0.1, 0.15) is 12.4 Å². The van der Waals surface area contributed by atoms with Gasteiger partial charge in [-0.3, -0.25) is 0 Å². The van der Waals surface area contributed by atoms with E-state index in [9.17, 15) is 8.42 Å². The fourth-order valence-corrected chi connectivity index (χ4v) is 2.70. The quantitative estimate of drug-likeness (QED) is 0.925. The lowest BCUT2D eigenvalue weighted by Crippen LogP contribution is -2.15. The molecular weight excluding hydrogens is 274 g/mol. The molecule has 0 bridgehead atoms. The fraction of sp³-hybridized carbons (Fsp3) is 0.333. The highest BCUT2D eigenvalue weighted by molar-refractivity contribution is 7.89. The van der Waals surface area contributed by atoms with Crippen molar-refractivity contribution >= 4 is 21.6 Å². The lowest BCUT2D eigenvalue weighted by molar-refractivity contribution is 0.357. The summed E-state index contributed by atoms with van der Waals surface area (Å²) in [5, 5.41) is 5.17. The molecule has 0 spiro atoms. The summed E-state index contributed by atoms with van der Waals surface area (Å²) in [5.41, 5.74) is 3.47. The molecule has 2 N–H and O–H groups in total. The van der Waals surface area contributed by atoms with E-state index in [1.165, 1.54) is 11.6 Å². The highest BCUT2D eigenvalue weighted by Crippen LogP contribution is 2.30. The van der Waals surface area contributed by atoms with Crippen LogP contribution in [-0.2, 0) is 10.0 Å². The number of primary sulfonamides is 1. The molecule has 100 valence electrons.